The second-order valence-electron chi connectivity index (χ2n) is 9.28. The van der Waals surface area contributed by atoms with Gasteiger partial charge >= 0.3 is 0 Å². The molecule has 1 saturated carbocycles. The summed E-state index contributed by atoms with van der Waals surface area (Å²) in [4.78, 5) is 28.1. The Hall–Kier alpha value is -2.87. The van der Waals surface area contributed by atoms with Crippen LogP contribution >= 0.6 is 0 Å². The third kappa shape index (κ3) is 6.82. The maximum atomic E-state index is 13.6. The molecule has 1 aliphatic carbocycles. The Morgan fingerprint density at radius 3 is 2.26 bits per heavy atom. The van der Waals surface area contributed by atoms with Crippen LogP contribution in [-0.4, -0.2) is 50.0 Å². The highest BCUT2D eigenvalue weighted by atomic mass is 32.2. The van der Waals surface area contributed by atoms with E-state index in [-0.39, 0.29) is 25.0 Å². The van der Waals surface area contributed by atoms with Crippen LogP contribution in [0.15, 0.2) is 48.5 Å². The first-order valence-electron chi connectivity index (χ1n) is 11.7. The summed E-state index contributed by atoms with van der Waals surface area (Å²) in [6.07, 6.45) is 5.15. The van der Waals surface area contributed by atoms with Crippen molar-refractivity contribution in [2.24, 2.45) is 0 Å². The predicted molar refractivity (Wildman–Crippen MR) is 135 cm³/mol. The summed E-state index contributed by atoms with van der Waals surface area (Å²) < 4.78 is 26.3. The normalized spacial score (nSPS) is 15.1. The minimum Gasteiger partial charge on any atom is -0.352 e. The van der Waals surface area contributed by atoms with E-state index in [2.05, 4.69) is 5.32 Å². The van der Waals surface area contributed by atoms with E-state index < -0.39 is 22.0 Å². The van der Waals surface area contributed by atoms with Gasteiger partial charge in [-0.15, -0.1) is 0 Å². The average Bonchev–Trinajstić information content (AvgIpc) is 3.28. The van der Waals surface area contributed by atoms with Crippen LogP contribution in [0, 0.1) is 13.8 Å². The molecule has 0 aliphatic heterocycles. The fourth-order valence-electron chi connectivity index (χ4n) is 4.31. The Labute approximate surface area is 203 Å². The number of carbonyl (C=O) groups excluding carboxylic acids is 2. The van der Waals surface area contributed by atoms with Crippen LogP contribution in [-0.2, 0) is 26.2 Å². The number of rotatable bonds is 9. The summed E-state index contributed by atoms with van der Waals surface area (Å²) in [6, 6.07) is 14.1. The molecule has 0 spiro atoms. The van der Waals surface area contributed by atoms with Gasteiger partial charge < -0.3 is 10.2 Å². The number of nitrogens with one attached hydrogen (secondary N) is 1. The van der Waals surface area contributed by atoms with Crippen molar-refractivity contribution in [2.75, 3.05) is 17.1 Å². The van der Waals surface area contributed by atoms with Gasteiger partial charge in [0.1, 0.15) is 12.6 Å². The molecule has 34 heavy (non-hydrogen) atoms. The molecular formula is C26H35N3O4S. The molecule has 1 atom stereocenters. The van der Waals surface area contributed by atoms with Gasteiger partial charge in [0.2, 0.25) is 21.8 Å². The van der Waals surface area contributed by atoms with Crippen molar-refractivity contribution >= 4 is 27.5 Å². The maximum absolute atomic E-state index is 13.6. The van der Waals surface area contributed by atoms with E-state index in [9.17, 15) is 18.0 Å². The molecule has 8 heteroatoms. The van der Waals surface area contributed by atoms with Crippen molar-refractivity contribution in [1.29, 1.82) is 0 Å². The van der Waals surface area contributed by atoms with E-state index in [4.69, 9.17) is 0 Å². The lowest BCUT2D eigenvalue weighted by molar-refractivity contribution is -0.139. The molecule has 1 aliphatic rings. The lowest BCUT2D eigenvalue weighted by atomic mass is 10.1. The third-order valence-corrected chi connectivity index (χ3v) is 7.45. The molecule has 1 fully saturated rings. The van der Waals surface area contributed by atoms with Crippen LogP contribution < -0.4 is 9.62 Å². The molecule has 0 radical (unpaired) electrons. The summed E-state index contributed by atoms with van der Waals surface area (Å²) in [5.74, 6) is -0.643. The monoisotopic (exact) mass is 485 g/mol. The Bertz CT molecular complexity index is 1110. The Morgan fingerprint density at radius 2 is 1.68 bits per heavy atom. The summed E-state index contributed by atoms with van der Waals surface area (Å²) in [5.41, 5.74) is 3.34. The number of sulfonamides is 1. The van der Waals surface area contributed by atoms with Gasteiger partial charge in [0.15, 0.2) is 0 Å². The van der Waals surface area contributed by atoms with Crippen LogP contribution in [0.2, 0.25) is 0 Å². The van der Waals surface area contributed by atoms with Crippen LogP contribution in [0.5, 0.6) is 0 Å². The second-order valence-corrected chi connectivity index (χ2v) is 11.2. The zero-order valence-corrected chi connectivity index (χ0v) is 21.3. The zero-order chi connectivity index (χ0) is 24.9. The number of anilines is 1. The molecule has 2 aromatic carbocycles. The predicted octanol–water partition coefficient (Wildman–Crippen LogP) is 3.55. The van der Waals surface area contributed by atoms with Gasteiger partial charge in [-0.05, 0) is 51.3 Å². The van der Waals surface area contributed by atoms with Gasteiger partial charge in [-0.1, -0.05) is 60.4 Å². The van der Waals surface area contributed by atoms with Crippen molar-refractivity contribution in [3.05, 3.63) is 65.2 Å². The number of aryl methyl sites for hydroxylation is 2. The average molecular weight is 486 g/mol. The molecule has 0 saturated heterocycles. The van der Waals surface area contributed by atoms with Gasteiger partial charge in [0.05, 0.1) is 11.9 Å². The Morgan fingerprint density at radius 1 is 1.03 bits per heavy atom. The van der Waals surface area contributed by atoms with Crippen LogP contribution in [0.1, 0.15) is 49.3 Å². The van der Waals surface area contributed by atoms with Crippen molar-refractivity contribution in [1.82, 2.24) is 10.2 Å². The summed E-state index contributed by atoms with van der Waals surface area (Å²) >= 11 is 0. The molecule has 2 amide bonds. The summed E-state index contributed by atoms with van der Waals surface area (Å²) in [7, 11) is -3.72. The van der Waals surface area contributed by atoms with E-state index >= 15 is 0 Å². The molecule has 1 unspecified atom stereocenters. The zero-order valence-electron chi connectivity index (χ0n) is 20.5. The van der Waals surface area contributed by atoms with E-state index in [1.54, 1.807) is 31.2 Å². The van der Waals surface area contributed by atoms with Crippen molar-refractivity contribution in [3.8, 4) is 0 Å². The minimum absolute atomic E-state index is 0.131. The quantitative estimate of drug-likeness (QED) is 0.589. The number of benzene rings is 2. The first-order chi connectivity index (χ1) is 16.0. The highest BCUT2D eigenvalue weighted by Gasteiger charge is 2.31. The van der Waals surface area contributed by atoms with Crippen LogP contribution in [0.3, 0.4) is 0 Å². The van der Waals surface area contributed by atoms with Gasteiger partial charge in [-0.2, -0.15) is 0 Å². The number of hydrogen-bond acceptors (Lipinski definition) is 4. The molecule has 3 rings (SSSR count). The molecule has 184 valence electrons. The Kier molecular flexibility index (Phi) is 8.36. The second kappa shape index (κ2) is 11.0. The van der Waals surface area contributed by atoms with Gasteiger partial charge in [-0.25, -0.2) is 8.42 Å². The lowest BCUT2D eigenvalue weighted by Crippen LogP contribution is -2.52. The van der Waals surface area contributed by atoms with Crippen molar-refractivity contribution in [3.63, 3.8) is 0 Å². The van der Waals surface area contributed by atoms with E-state index in [0.29, 0.717) is 5.69 Å². The van der Waals surface area contributed by atoms with Gasteiger partial charge in [0.25, 0.3) is 0 Å². The Balaban J connectivity index is 1.87. The highest BCUT2D eigenvalue weighted by Crippen LogP contribution is 2.21. The van der Waals surface area contributed by atoms with Gasteiger partial charge in [0, 0.05) is 12.6 Å². The molecular weight excluding hydrogens is 450 g/mol. The largest absolute Gasteiger partial charge is 0.352 e. The topological polar surface area (TPSA) is 86.8 Å². The summed E-state index contributed by atoms with van der Waals surface area (Å²) in [5, 5.41) is 3.07. The van der Waals surface area contributed by atoms with Crippen molar-refractivity contribution in [2.45, 2.75) is 65.1 Å². The SMILES string of the molecule is Cc1ccc(N(CC(=O)N(Cc2cccc(C)c2)C(C)C(=O)NC2CCCC2)S(C)(=O)=O)cc1. The molecule has 7 nitrogen and oxygen atoms in total. The standard InChI is InChI=1S/C26H35N3O4S/c1-19-12-14-24(15-13-19)29(34(4,32)33)18-25(30)28(17-22-9-7-8-20(2)16-22)21(3)26(31)27-23-10-5-6-11-23/h7-9,12-16,21,23H,5-6,10-11,17-18H2,1-4H3,(H,27,31). The molecule has 0 heterocycles. The number of amides is 2. The first-order valence-corrected chi connectivity index (χ1v) is 13.6. The van der Waals surface area contributed by atoms with Crippen LogP contribution in [0.25, 0.3) is 0 Å². The fraction of sp³-hybridized carbons (Fsp3) is 0.462. The highest BCUT2D eigenvalue weighted by molar-refractivity contribution is 7.92. The van der Waals surface area contributed by atoms with Gasteiger partial charge in [-0.3, -0.25) is 13.9 Å². The van der Waals surface area contributed by atoms with E-state index in [0.717, 1.165) is 52.9 Å². The fourth-order valence-corrected chi connectivity index (χ4v) is 5.16. The molecule has 0 bridgehead atoms. The minimum atomic E-state index is -3.72. The molecule has 1 N–H and O–H groups in total. The lowest BCUT2D eigenvalue weighted by Gasteiger charge is -2.32. The molecule has 0 aromatic heterocycles. The first kappa shape index (κ1) is 25.7. The van der Waals surface area contributed by atoms with E-state index in [1.807, 2.05) is 38.1 Å². The number of carbonyl (C=O) groups is 2. The van der Waals surface area contributed by atoms with Crippen molar-refractivity contribution < 1.29 is 18.0 Å². The number of nitrogens with zero attached hydrogens (tertiary/aromatic N) is 2. The smallest absolute Gasteiger partial charge is 0.244 e. The van der Waals surface area contributed by atoms with Crippen LogP contribution in [0.4, 0.5) is 5.69 Å². The summed E-state index contributed by atoms with van der Waals surface area (Å²) in [6.45, 7) is 5.41. The van der Waals surface area contributed by atoms with E-state index in [1.165, 1.54) is 4.90 Å². The molecule has 2 aromatic rings. The third-order valence-electron chi connectivity index (χ3n) is 6.31. The number of hydrogen-bond donors (Lipinski definition) is 1. The maximum Gasteiger partial charge on any atom is 0.244 e.